The lowest BCUT2D eigenvalue weighted by Gasteiger charge is -2.35. The molecule has 0 spiro atoms. The molecule has 1 aliphatic heterocycles. The highest BCUT2D eigenvalue weighted by Gasteiger charge is 2.31. The number of aryl methyl sites for hydroxylation is 1. The minimum Gasteiger partial charge on any atom is -0.467 e. The Morgan fingerprint density at radius 1 is 1.61 bits per heavy atom. The van der Waals surface area contributed by atoms with Gasteiger partial charge in [-0.05, 0) is 6.92 Å². The van der Waals surface area contributed by atoms with Gasteiger partial charge in [-0.2, -0.15) is 5.10 Å². The summed E-state index contributed by atoms with van der Waals surface area (Å²) in [4.78, 5) is 13.7. The van der Waals surface area contributed by atoms with Gasteiger partial charge in [0.25, 0.3) is 0 Å². The lowest BCUT2D eigenvalue weighted by molar-refractivity contribution is -0.166. The number of hydrogen-bond acceptors (Lipinski definition) is 5. The molecule has 6 heteroatoms. The minimum atomic E-state index is -0.490. The van der Waals surface area contributed by atoms with E-state index in [2.05, 4.69) is 10.00 Å². The molecule has 1 unspecified atom stereocenters. The van der Waals surface area contributed by atoms with Gasteiger partial charge in [-0.3, -0.25) is 9.58 Å². The van der Waals surface area contributed by atoms with Crippen molar-refractivity contribution in [3.05, 3.63) is 18.0 Å². The van der Waals surface area contributed by atoms with Crippen molar-refractivity contribution in [3.63, 3.8) is 0 Å². The number of ether oxygens (including phenoxy) is 2. The van der Waals surface area contributed by atoms with Gasteiger partial charge in [0.2, 0.25) is 0 Å². The number of hydrogen-bond donors (Lipinski definition) is 0. The molecule has 2 atom stereocenters. The maximum atomic E-state index is 11.5. The molecule has 2 heterocycles. The summed E-state index contributed by atoms with van der Waals surface area (Å²) in [6, 6.07) is 0. The van der Waals surface area contributed by atoms with E-state index in [9.17, 15) is 4.79 Å². The highest BCUT2D eigenvalue weighted by Crippen LogP contribution is 2.15. The van der Waals surface area contributed by atoms with Gasteiger partial charge in [-0.25, -0.2) is 4.79 Å². The number of aromatic nitrogens is 2. The van der Waals surface area contributed by atoms with Crippen molar-refractivity contribution in [2.45, 2.75) is 25.7 Å². The van der Waals surface area contributed by atoms with Crippen LogP contribution in [0.5, 0.6) is 0 Å². The van der Waals surface area contributed by atoms with E-state index in [-0.39, 0.29) is 12.1 Å². The van der Waals surface area contributed by atoms with E-state index in [4.69, 9.17) is 9.47 Å². The summed E-state index contributed by atoms with van der Waals surface area (Å²) >= 11 is 0. The molecule has 100 valence electrons. The monoisotopic (exact) mass is 253 g/mol. The quantitative estimate of drug-likeness (QED) is 0.719. The summed E-state index contributed by atoms with van der Waals surface area (Å²) in [5, 5.41) is 4.14. The highest BCUT2D eigenvalue weighted by molar-refractivity contribution is 5.74. The summed E-state index contributed by atoms with van der Waals surface area (Å²) in [6.07, 6.45) is 3.36. The lowest BCUT2D eigenvalue weighted by Crippen LogP contribution is -2.49. The molecule has 6 nitrogen and oxygen atoms in total. The fourth-order valence-electron chi connectivity index (χ4n) is 2.24. The molecule has 0 amide bonds. The molecule has 0 N–H and O–H groups in total. The third-order valence-corrected chi connectivity index (χ3v) is 2.96. The van der Waals surface area contributed by atoms with Gasteiger partial charge in [0, 0.05) is 38.4 Å². The van der Waals surface area contributed by atoms with Crippen molar-refractivity contribution >= 4 is 5.97 Å². The van der Waals surface area contributed by atoms with E-state index in [1.54, 1.807) is 4.68 Å². The van der Waals surface area contributed by atoms with Gasteiger partial charge in [-0.15, -0.1) is 0 Å². The number of esters is 1. The predicted octanol–water partition coefficient (Wildman–Crippen LogP) is 0.182. The zero-order valence-corrected chi connectivity index (χ0v) is 11.0. The van der Waals surface area contributed by atoms with Gasteiger partial charge < -0.3 is 9.47 Å². The largest absolute Gasteiger partial charge is 0.467 e. The van der Waals surface area contributed by atoms with Crippen molar-refractivity contribution in [1.29, 1.82) is 0 Å². The van der Waals surface area contributed by atoms with Gasteiger partial charge in [-0.1, -0.05) is 0 Å². The second-order valence-corrected chi connectivity index (χ2v) is 4.67. The second-order valence-electron chi connectivity index (χ2n) is 4.67. The van der Waals surface area contributed by atoms with Crippen LogP contribution in [0.4, 0.5) is 0 Å². The first kappa shape index (κ1) is 13.0. The van der Waals surface area contributed by atoms with Crippen LogP contribution in [0.15, 0.2) is 12.4 Å². The third kappa shape index (κ3) is 3.08. The zero-order chi connectivity index (χ0) is 13.1. The maximum absolute atomic E-state index is 11.5. The Balaban J connectivity index is 1.98. The normalized spacial score (nSPS) is 25.1. The maximum Gasteiger partial charge on any atom is 0.336 e. The average molecular weight is 253 g/mol. The molecule has 1 aromatic heterocycles. The molecular formula is C12H19N3O3. The SMILES string of the molecule is COC(=O)C1CN(Cc2cnn(C)c2)C[C@@H](C)O1. The highest BCUT2D eigenvalue weighted by atomic mass is 16.6. The molecule has 0 radical (unpaired) electrons. The standard InChI is InChI=1S/C12H19N3O3/c1-9-5-15(7-10-4-13-14(2)6-10)8-11(18-9)12(16)17-3/h4,6,9,11H,5,7-8H2,1-3H3/t9-,11?/m1/s1. The third-order valence-electron chi connectivity index (χ3n) is 2.96. The summed E-state index contributed by atoms with van der Waals surface area (Å²) in [5.74, 6) is -0.308. The number of rotatable bonds is 3. The number of nitrogens with zero attached hydrogens (tertiary/aromatic N) is 3. The molecule has 0 bridgehead atoms. The lowest BCUT2D eigenvalue weighted by atomic mass is 10.2. The van der Waals surface area contributed by atoms with Crippen LogP contribution in [0.2, 0.25) is 0 Å². The topological polar surface area (TPSA) is 56.6 Å². The summed E-state index contributed by atoms with van der Waals surface area (Å²) in [5.41, 5.74) is 1.13. The van der Waals surface area contributed by atoms with E-state index in [1.165, 1.54) is 7.11 Å². The molecule has 18 heavy (non-hydrogen) atoms. The van der Waals surface area contributed by atoms with E-state index in [0.29, 0.717) is 6.54 Å². The fourth-order valence-corrected chi connectivity index (χ4v) is 2.24. The Labute approximate surface area is 106 Å². The van der Waals surface area contributed by atoms with Crippen molar-refractivity contribution in [3.8, 4) is 0 Å². The van der Waals surface area contributed by atoms with E-state index in [0.717, 1.165) is 18.7 Å². The van der Waals surface area contributed by atoms with Crippen molar-refractivity contribution in [2.24, 2.45) is 7.05 Å². The van der Waals surface area contributed by atoms with Crippen LogP contribution >= 0.6 is 0 Å². The van der Waals surface area contributed by atoms with Gasteiger partial charge in [0.15, 0.2) is 6.10 Å². The number of carbonyl (C=O) groups is 1. The molecule has 2 rings (SSSR count). The Kier molecular flexibility index (Phi) is 3.98. The molecule has 1 aliphatic rings. The summed E-state index contributed by atoms with van der Waals surface area (Å²) < 4.78 is 12.1. The molecule has 0 aliphatic carbocycles. The van der Waals surface area contributed by atoms with E-state index < -0.39 is 6.10 Å². The number of methoxy groups -OCH3 is 1. The first-order chi connectivity index (χ1) is 8.58. The van der Waals surface area contributed by atoms with Crippen molar-refractivity contribution in [1.82, 2.24) is 14.7 Å². The molecule has 0 aromatic carbocycles. The Morgan fingerprint density at radius 2 is 2.39 bits per heavy atom. The van der Waals surface area contributed by atoms with Crippen molar-refractivity contribution < 1.29 is 14.3 Å². The first-order valence-corrected chi connectivity index (χ1v) is 6.01. The molecule has 1 fully saturated rings. The van der Waals surface area contributed by atoms with Crippen LogP contribution in [0.1, 0.15) is 12.5 Å². The fraction of sp³-hybridized carbons (Fsp3) is 0.667. The Hall–Kier alpha value is -1.40. The first-order valence-electron chi connectivity index (χ1n) is 6.01. The van der Waals surface area contributed by atoms with Crippen molar-refractivity contribution in [2.75, 3.05) is 20.2 Å². The van der Waals surface area contributed by atoms with Crippen LogP contribution in [-0.2, 0) is 27.9 Å². The van der Waals surface area contributed by atoms with E-state index >= 15 is 0 Å². The second kappa shape index (κ2) is 5.49. The average Bonchev–Trinajstić information content (AvgIpc) is 2.73. The van der Waals surface area contributed by atoms with E-state index in [1.807, 2.05) is 26.4 Å². The van der Waals surface area contributed by atoms with Gasteiger partial charge in [0.05, 0.1) is 19.4 Å². The number of morpholine rings is 1. The smallest absolute Gasteiger partial charge is 0.336 e. The molecule has 1 aromatic rings. The van der Waals surface area contributed by atoms with Crippen LogP contribution in [0, 0.1) is 0 Å². The van der Waals surface area contributed by atoms with Crippen LogP contribution in [-0.4, -0.2) is 53.1 Å². The summed E-state index contributed by atoms with van der Waals surface area (Å²) in [6.45, 7) is 4.11. The summed E-state index contributed by atoms with van der Waals surface area (Å²) in [7, 11) is 3.28. The molecule has 1 saturated heterocycles. The Bertz CT molecular complexity index is 418. The van der Waals surface area contributed by atoms with Crippen LogP contribution in [0.3, 0.4) is 0 Å². The Morgan fingerprint density at radius 3 is 3.00 bits per heavy atom. The van der Waals surface area contributed by atoms with Gasteiger partial charge >= 0.3 is 5.97 Å². The van der Waals surface area contributed by atoms with Gasteiger partial charge in [0.1, 0.15) is 0 Å². The van der Waals surface area contributed by atoms with Crippen LogP contribution in [0.25, 0.3) is 0 Å². The minimum absolute atomic E-state index is 0.0273. The number of carbonyl (C=O) groups excluding carboxylic acids is 1. The predicted molar refractivity (Wildman–Crippen MR) is 64.8 cm³/mol. The zero-order valence-electron chi connectivity index (χ0n) is 11.0. The molecular weight excluding hydrogens is 234 g/mol. The molecule has 0 saturated carbocycles. The van der Waals surface area contributed by atoms with Crippen LogP contribution < -0.4 is 0 Å².